The van der Waals surface area contributed by atoms with E-state index >= 15 is 0 Å². The average Bonchev–Trinajstić information content (AvgIpc) is 2.70. The van der Waals surface area contributed by atoms with Crippen LogP contribution in [0.15, 0.2) is 6.33 Å². The number of rotatable bonds is 3. The van der Waals surface area contributed by atoms with Gasteiger partial charge in [-0.1, -0.05) is 34.6 Å². The highest BCUT2D eigenvalue weighted by Crippen LogP contribution is 2.29. The first-order chi connectivity index (χ1) is 8.79. The normalized spacial score (nSPS) is 14.1. The fourth-order valence-electron chi connectivity index (χ4n) is 2.44. The fraction of sp³-hybridized carbons (Fsp3) is 0.615. The highest BCUT2D eigenvalue weighted by Gasteiger charge is 2.28. The van der Waals surface area contributed by atoms with E-state index < -0.39 is 6.08 Å². The summed E-state index contributed by atoms with van der Waals surface area (Å²) in [6.07, 6.45) is 0.726. The van der Waals surface area contributed by atoms with Gasteiger partial charge in [0.2, 0.25) is 0 Å². The molecule has 5 nitrogen and oxygen atoms in total. The molecule has 2 heterocycles. The minimum atomic E-state index is -0.765. The Hall–Kier alpha value is -1.72. The van der Waals surface area contributed by atoms with Gasteiger partial charge in [0.25, 0.3) is 0 Å². The second kappa shape index (κ2) is 4.75. The van der Waals surface area contributed by atoms with Crippen molar-refractivity contribution < 1.29 is 4.39 Å². The van der Waals surface area contributed by atoms with Gasteiger partial charge in [0.05, 0.1) is 6.33 Å². The summed E-state index contributed by atoms with van der Waals surface area (Å²) in [4.78, 5) is 14.4. The van der Waals surface area contributed by atoms with Crippen molar-refractivity contribution in [3.05, 3.63) is 12.4 Å². The topological polar surface area (TPSA) is 66.5 Å². The summed E-state index contributed by atoms with van der Waals surface area (Å²) in [6, 6.07) is 0.160. The molecule has 0 saturated heterocycles. The van der Waals surface area contributed by atoms with E-state index in [2.05, 4.69) is 59.9 Å². The van der Waals surface area contributed by atoms with E-state index in [4.69, 9.17) is 0 Å². The number of hydrogen-bond acceptors (Lipinski definition) is 4. The molecule has 0 aliphatic heterocycles. The number of aromatic nitrogens is 4. The predicted octanol–water partition coefficient (Wildman–Crippen LogP) is 2.97. The Bertz CT molecular complexity index is 570. The summed E-state index contributed by atoms with van der Waals surface area (Å²) in [5, 5.41) is 3.33. The van der Waals surface area contributed by atoms with Gasteiger partial charge in [-0.05, 0) is 11.3 Å². The first-order valence-electron chi connectivity index (χ1n) is 6.42. The number of hydrogen-bond donors (Lipinski definition) is 2. The number of H-pyrrole nitrogens is 1. The smallest absolute Gasteiger partial charge is 0.312 e. The second-order valence-electron chi connectivity index (χ2n) is 6.17. The molecule has 0 aliphatic carbocycles. The van der Waals surface area contributed by atoms with E-state index in [1.54, 1.807) is 0 Å². The lowest BCUT2D eigenvalue weighted by Gasteiger charge is -2.35. The standard InChI is InChI=1S/C13H20FN5/c1-7(2)9(13(3,4)5)17-11-8-10(16-6-15-8)18-12(14)19-11/h6-7,9H,1-5H3,(H2,15,16,17,18,19)/t9-/m1/s1. The molecule has 104 valence electrons. The van der Waals surface area contributed by atoms with Gasteiger partial charge in [-0.15, -0.1) is 0 Å². The largest absolute Gasteiger partial charge is 0.365 e. The van der Waals surface area contributed by atoms with Crippen molar-refractivity contribution in [1.82, 2.24) is 19.9 Å². The minimum Gasteiger partial charge on any atom is -0.365 e. The highest BCUT2D eigenvalue weighted by atomic mass is 19.1. The van der Waals surface area contributed by atoms with Crippen LogP contribution in [0.3, 0.4) is 0 Å². The van der Waals surface area contributed by atoms with Crippen LogP contribution in [0.1, 0.15) is 34.6 Å². The summed E-state index contributed by atoms with van der Waals surface area (Å²) < 4.78 is 13.4. The molecule has 0 aliphatic rings. The van der Waals surface area contributed by atoms with E-state index in [1.807, 2.05) is 0 Å². The summed E-state index contributed by atoms with van der Waals surface area (Å²) in [5.41, 5.74) is 1.00. The first kappa shape index (κ1) is 13.7. The predicted molar refractivity (Wildman–Crippen MR) is 73.3 cm³/mol. The number of nitrogens with one attached hydrogen (secondary N) is 2. The maximum absolute atomic E-state index is 13.4. The van der Waals surface area contributed by atoms with Gasteiger partial charge in [0.1, 0.15) is 5.52 Å². The number of imidazole rings is 1. The fourth-order valence-corrected chi connectivity index (χ4v) is 2.44. The van der Waals surface area contributed by atoms with Gasteiger partial charge in [0.15, 0.2) is 11.5 Å². The first-order valence-corrected chi connectivity index (χ1v) is 6.42. The molecule has 0 spiro atoms. The maximum atomic E-state index is 13.4. The van der Waals surface area contributed by atoms with E-state index in [-0.39, 0.29) is 11.5 Å². The van der Waals surface area contributed by atoms with Crippen molar-refractivity contribution in [1.29, 1.82) is 0 Å². The highest BCUT2D eigenvalue weighted by molar-refractivity contribution is 5.82. The molecule has 0 aromatic carbocycles. The number of halogens is 1. The van der Waals surface area contributed by atoms with Gasteiger partial charge in [-0.25, -0.2) is 4.98 Å². The van der Waals surface area contributed by atoms with Crippen LogP contribution in [-0.2, 0) is 0 Å². The molecule has 1 atom stereocenters. The van der Waals surface area contributed by atoms with Crippen LogP contribution in [0.5, 0.6) is 0 Å². The molecule has 6 heteroatoms. The van der Waals surface area contributed by atoms with Gasteiger partial charge < -0.3 is 10.3 Å². The SMILES string of the molecule is CC(C)[C@@H](Nc1nc(F)nc2nc[nH]c12)C(C)(C)C. The maximum Gasteiger partial charge on any atom is 0.312 e. The van der Waals surface area contributed by atoms with Gasteiger partial charge >= 0.3 is 6.08 Å². The lowest BCUT2D eigenvalue weighted by Crippen LogP contribution is -2.38. The molecule has 19 heavy (non-hydrogen) atoms. The van der Waals surface area contributed by atoms with Crippen molar-refractivity contribution in [2.24, 2.45) is 11.3 Å². The molecule has 0 radical (unpaired) electrons. The third-order valence-electron chi connectivity index (χ3n) is 3.15. The zero-order chi connectivity index (χ0) is 14.2. The van der Waals surface area contributed by atoms with Crippen LogP contribution in [0.25, 0.3) is 11.2 Å². The number of anilines is 1. The van der Waals surface area contributed by atoms with Gasteiger partial charge in [-0.3, -0.25) is 0 Å². The molecule has 2 N–H and O–H groups in total. The molecule has 2 rings (SSSR count). The van der Waals surface area contributed by atoms with E-state index in [9.17, 15) is 4.39 Å². The molecule has 0 amide bonds. The number of fused-ring (bicyclic) bond motifs is 1. The summed E-state index contributed by atoms with van der Waals surface area (Å²) in [6.45, 7) is 10.7. The Morgan fingerprint density at radius 1 is 1.26 bits per heavy atom. The van der Waals surface area contributed by atoms with Crippen molar-refractivity contribution in [2.75, 3.05) is 5.32 Å². The van der Waals surface area contributed by atoms with Crippen LogP contribution in [0, 0.1) is 17.4 Å². The zero-order valence-electron chi connectivity index (χ0n) is 12.0. The quantitative estimate of drug-likeness (QED) is 0.837. The third-order valence-corrected chi connectivity index (χ3v) is 3.15. The van der Waals surface area contributed by atoms with Crippen LogP contribution >= 0.6 is 0 Å². The van der Waals surface area contributed by atoms with Crippen LogP contribution in [0.2, 0.25) is 0 Å². The Morgan fingerprint density at radius 2 is 1.95 bits per heavy atom. The van der Waals surface area contributed by atoms with Gasteiger partial charge in [0, 0.05) is 6.04 Å². The monoisotopic (exact) mass is 265 g/mol. The third kappa shape index (κ3) is 2.83. The lowest BCUT2D eigenvalue weighted by molar-refractivity contribution is 0.280. The molecule has 0 unspecified atom stereocenters. The second-order valence-corrected chi connectivity index (χ2v) is 6.17. The van der Waals surface area contributed by atoms with E-state index in [1.165, 1.54) is 6.33 Å². The summed E-state index contributed by atoms with van der Waals surface area (Å²) in [7, 11) is 0. The zero-order valence-corrected chi connectivity index (χ0v) is 12.0. The molecule has 2 aromatic heterocycles. The average molecular weight is 265 g/mol. The molecule has 0 bridgehead atoms. The Balaban J connectivity index is 2.41. The van der Waals surface area contributed by atoms with Crippen LogP contribution in [0.4, 0.5) is 10.2 Å². The number of aromatic amines is 1. The Morgan fingerprint density at radius 3 is 2.53 bits per heavy atom. The lowest BCUT2D eigenvalue weighted by atomic mass is 9.80. The molecular formula is C13H20FN5. The van der Waals surface area contributed by atoms with Crippen molar-refractivity contribution in [2.45, 2.75) is 40.7 Å². The molecule has 0 saturated carbocycles. The van der Waals surface area contributed by atoms with E-state index in [0.717, 1.165) is 0 Å². The van der Waals surface area contributed by atoms with Crippen molar-refractivity contribution in [3.63, 3.8) is 0 Å². The van der Waals surface area contributed by atoms with Crippen LogP contribution < -0.4 is 5.32 Å². The Labute approximate surface area is 112 Å². The van der Waals surface area contributed by atoms with Crippen molar-refractivity contribution >= 4 is 17.0 Å². The minimum absolute atomic E-state index is 0.0297. The van der Waals surface area contributed by atoms with Gasteiger partial charge in [-0.2, -0.15) is 14.4 Å². The van der Waals surface area contributed by atoms with Crippen LogP contribution in [-0.4, -0.2) is 26.0 Å². The van der Waals surface area contributed by atoms with E-state index in [0.29, 0.717) is 22.9 Å². The molecule has 0 fully saturated rings. The Kier molecular flexibility index (Phi) is 3.43. The summed E-state index contributed by atoms with van der Waals surface area (Å²) >= 11 is 0. The van der Waals surface area contributed by atoms with Crippen molar-refractivity contribution in [3.8, 4) is 0 Å². The summed E-state index contributed by atoms with van der Waals surface area (Å²) in [5.74, 6) is 0.852. The molecule has 2 aromatic rings. The molecular weight excluding hydrogens is 245 g/mol. The number of nitrogens with zero attached hydrogens (tertiary/aromatic N) is 3.